The van der Waals surface area contributed by atoms with Crippen LogP contribution in [-0.2, 0) is 0 Å². The molecule has 0 fully saturated rings. The third-order valence-electron chi connectivity index (χ3n) is 2.64. The lowest BCUT2D eigenvalue weighted by molar-refractivity contribution is 0.959. The molecule has 0 unspecified atom stereocenters. The van der Waals surface area contributed by atoms with Crippen molar-refractivity contribution in [3.63, 3.8) is 0 Å². The fraction of sp³-hybridized carbons (Fsp3) is 0.167. The molecular formula is C12H11BrN4. The number of guanidine groups is 1. The molecule has 0 radical (unpaired) electrons. The second-order valence-electron chi connectivity index (χ2n) is 3.79. The van der Waals surface area contributed by atoms with E-state index in [-0.39, 0.29) is 0 Å². The molecule has 86 valence electrons. The number of aliphatic imine (C=N–C) groups is 1. The van der Waals surface area contributed by atoms with Crippen molar-refractivity contribution in [2.75, 3.05) is 18.4 Å². The molecule has 1 aromatic carbocycles. The molecule has 0 aliphatic carbocycles. The van der Waals surface area contributed by atoms with Crippen LogP contribution in [0, 0.1) is 0 Å². The third kappa shape index (κ3) is 1.98. The average molecular weight is 291 g/mol. The summed E-state index contributed by atoms with van der Waals surface area (Å²) in [4.78, 5) is 8.71. The van der Waals surface area contributed by atoms with Crippen molar-refractivity contribution < 1.29 is 0 Å². The summed E-state index contributed by atoms with van der Waals surface area (Å²) in [6, 6.07) is 8.03. The van der Waals surface area contributed by atoms with Gasteiger partial charge in [-0.3, -0.25) is 9.98 Å². The molecular weight excluding hydrogens is 280 g/mol. The number of rotatable bonds is 1. The predicted octanol–water partition coefficient (Wildman–Crippen LogP) is 2.37. The summed E-state index contributed by atoms with van der Waals surface area (Å²) in [6.45, 7) is 1.71. The summed E-state index contributed by atoms with van der Waals surface area (Å²) < 4.78 is 1.01. The van der Waals surface area contributed by atoms with Crippen LogP contribution >= 0.6 is 15.9 Å². The minimum atomic E-state index is 0.808. The summed E-state index contributed by atoms with van der Waals surface area (Å²) in [5.41, 5.74) is 1.91. The van der Waals surface area contributed by atoms with Gasteiger partial charge in [-0.15, -0.1) is 0 Å². The van der Waals surface area contributed by atoms with Gasteiger partial charge in [-0.25, -0.2) is 0 Å². The molecule has 1 aliphatic rings. The molecule has 1 aliphatic heterocycles. The first-order chi connectivity index (χ1) is 8.34. The number of hydrogen-bond acceptors (Lipinski definition) is 4. The third-order valence-corrected chi connectivity index (χ3v) is 3.49. The summed E-state index contributed by atoms with van der Waals surface area (Å²) >= 11 is 3.60. The monoisotopic (exact) mass is 290 g/mol. The molecule has 2 N–H and O–H groups in total. The number of aromatic nitrogens is 1. The van der Waals surface area contributed by atoms with E-state index in [0.29, 0.717) is 0 Å². The Labute approximate surface area is 107 Å². The van der Waals surface area contributed by atoms with Crippen LogP contribution in [0.2, 0.25) is 0 Å². The number of fused-ring (bicyclic) bond motifs is 1. The van der Waals surface area contributed by atoms with Crippen molar-refractivity contribution in [3.8, 4) is 0 Å². The number of hydrogen-bond donors (Lipinski definition) is 2. The number of nitrogens with zero attached hydrogens (tertiary/aromatic N) is 2. The maximum absolute atomic E-state index is 4.41. The first-order valence-corrected chi connectivity index (χ1v) is 6.22. The highest BCUT2D eigenvalue weighted by molar-refractivity contribution is 9.10. The van der Waals surface area contributed by atoms with Crippen LogP contribution in [0.3, 0.4) is 0 Å². The lowest BCUT2D eigenvalue weighted by Gasteiger charge is -2.10. The molecule has 4 nitrogen and oxygen atoms in total. The Morgan fingerprint density at radius 3 is 3.00 bits per heavy atom. The van der Waals surface area contributed by atoms with Crippen LogP contribution < -0.4 is 10.6 Å². The quantitative estimate of drug-likeness (QED) is 0.848. The standard InChI is InChI=1S/C12H11BrN4/c13-11-8-3-1-2-4-9(8)16-7-10(11)17-12-14-5-6-15-12/h1-4,7H,5-6H2,(H2,14,15,17). The van der Waals surface area contributed by atoms with Crippen LogP contribution in [0.5, 0.6) is 0 Å². The van der Waals surface area contributed by atoms with Gasteiger partial charge in [0, 0.05) is 11.9 Å². The normalized spacial score (nSPS) is 14.5. The van der Waals surface area contributed by atoms with Crippen LogP contribution in [-0.4, -0.2) is 24.0 Å². The van der Waals surface area contributed by atoms with E-state index in [1.807, 2.05) is 30.5 Å². The van der Waals surface area contributed by atoms with E-state index < -0.39 is 0 Å². The first-order valence-electron chi connectivity index (χ1n) is 5.43. The maximum atomic E-state index is 4.41. The Kier molecular flexibility index (Phi) is 2.68. The van der Waals surface area contributed by atoms with Crippen LogP contribution in [0.1, 0.15) is 0 Å². The van der Waals surface area contributed by atoms with Gasteiger partial charge in [0.1, 0.15) is 0 Å². The Hall–Kier alpha value is -1.62. The Morgan fingerprint density at radius 1 is 1.29 bits per heavy atom. The highest BCUT2D eigenvalue weighted by atomic mass is 79.9. The zero-order valence-electron chi connectivity index (χ0n) is 9.07. The molecule has 0 saturated carbocycles. The predicted molar refractivity (Wildman–Crippen MR) is 73.4 cm³/mol. The van der Waals surface area contributed by atoms with Gasteiger partial charge in [0.2, 0.25) is 0 Å². The van der Waals surface area contributed by atoms with Crippen molar-refractivity contribution in [2.24, 2.45) is 4.99 Å². The second kappa shape index (κ2) is 4.33. The molecule has 5 heteroatoms. The minimum absolute atomic E-state index is 0.808. The zero-order chi connectivity index (χ0) is 11.7. The van der Waals surface area contributed by atoms with Crippen LogP contribution in [0.4, 0.5) is 5.69 Å². The molecule has 17 heavy (non-hydrogen) atoms. The van der Waals surface area contributed by atoms with Gasteiger partial charge < -0.3 is 10.6 Å². The van der Waals surface area contributed by atoms with E-state index in [2.05, 4.69) is 36.5 Å². The highest BCUT2D eigenvalue weighted by Crippen LogP contribution is 2.29. The van der Waals surface area contributed by atoms with Crippen molar-refractivity contribution in [3.05, 3.63) is 34.9 Å². The number of nitrogens with one attached hydrogen (secondary N) is 2. The fourth-order valence-corrected chi connectivity index (χ4v) is 2.34. The molecule has 0 saturated heterocycles. The Morgan fingerprint density at radius 2 is 2.18 bits per heavy atom. The Balaban J connectivity index is 2.02. The van der Waals surface area contributed by atoms with E-state index >= 15 is 0 Å². The van der Waals surface area contributed by atoms with Crippen LogP contribution in [0.15, 0.2) is 39.9 Å². The zero-order valence-corrected chi connectivity index (χ0v) is 10.7. The largest absolute Gasteiger partial charge is 0.354 e. The first kappa shape index (κ1) is 10.5. The number of para-hydroxylation sites is 1. The van der Waals surface area contributed by atoms with Crippen molar-refractivity contribution in [1.82, 2.24) is 10.3 Å². The second-order valence-corrected chi connectivity index (χ2v) is 4.58. The molecule has 1 aromatic heterocycles. The topological polar surface area (TPSA) is 49.3 Å². The van der Waals surface area contributed by atoms with Gasteiger partial charge in [-0.1, -0.05) is 18.2 Å². The molecule has 2 heterocycles. The molecule has 3 rings (SSSR count). The van der Waals surface area contributed by atoms with Crippen LogP contribution in [0.25, 0.3) is 10.9 Å². The van der Waals surface area contributed by atoms with Crippen molar-refractivity contribution in [1.29, 1.82) is 0 Å². The minimum Gasteiger partial charge on any atom is -0.354 e. The van der Waals surface area contributed by atoms with Gasteiger partial charge >= 0.3 is 0 Å². The van der Waals surface area contributed by atoms with Crippen molar-refractivity contribution in [2.45, 2.75) is 0 Å². The lowest BCUT2D eigenvalue weighted by Crippen LogP contribution is -2.26. The van der Waals surface area contributed by atoms with E-state index in [9.17, 15) is 0 Å². The molecule has 0 spiro atoms. The highest BCUT2D eigenvalue weighted by Gasteiger charge is 2.09. The van der Waals surface area contributed by atoms with Gasteiger partial charge in [0.15, 0.2) is 5.96 Å². The van der Waals surface area contributed by atoms with Gasteiger partial charge in [0.05, 0.1) is 28.4 Å². The number of anilines is 1. The molecule has 0 atom stereocenters. The van der Waals surface area contributed by atoms with E-state index in [1.54, 1.807) is 0 Å². The van der Waals surface area contributed by atoms with Crippen molar-refractivity contribution >= 4 is 38.5 Å². The molecule has 0 bridgehead atoms. The van der Waals surface area contributed by atoms with Gasteiger partial charge in [0.25, 0.3) is 0 Å². The van der Waals surface area contributed by atoms with E-state index in [0.717, 1.165) is 40.1 Å². The molecule has 2 aromatic rings. The number of pyridine rings is 1. The van der Waals surface area contributed by atoms with Gasteiger partial charge in [-0.05, 0) is 22.0 Å². The summed E-state index contributed by atoms with van der Waals surface area (Å²) in [6.07, 6.45) is 1.81. The summed E-state index contributed by atoms with van der Waals surface area (Å²) in [5.74, 6) is 0.808. The maximum Gasteiger partial charge on any atom is 0.195 e. The fourth-order valence-electron chi connectivity index (χ4n) is 1.80. The number of halogens is 1. The SMILES string of the molecule is Brc1c(NC2=NCCN2)cnc2ccccc12. The number of benzene rings is 1. The lowest BCUT2D eigenvalue weighted by atomic mass is 10.2. The van der Waals surface area contributed by atoms with E-state index in [4.69, 9.17) is 0 Å². The van der Waals surface area contributed by atoms with E-state index in [1.165, 1.54) is 0 Å². The summed E-state index contributed by atoms with van der Waals surface area (Å²) in [7, 11) is 0. The Bertz CT molecular complexity index is 594. The molecule has 0 amide bonds. The smallest absolute Gasteiger partial charge is 0.195 e. The average Bonchev–Trinajstić information content (AvgIpc) is 2.86. The summed E-state index contributed by atoms with van der Waals surface area (Å²) in [5, 5.41) is 7.50. The van der Waals surface area contributed by atoms with Gasteiger partial charge in [-0.2, -0.15) is 0 Å².